The average molecular weight is 215 g/mol. The number of cyclic esters (lactones) is 1. The summed E-state index contributed by atoms with van der Waals surface area (Å²) in [5.41, 5.74) is 5.64. The molecule has 88 valence electrons. The summed E-state index contributed by atoms with van der Waals surface area (Å²) in [6, 6.07) is -0.534. The summed E-state index contributed by atoms with van der Waals surface area (Å²) < 4.78 is 10.9. The maximum Gasteiger partial charge on any atom is 0.323 e. The van der Waals surface area contributed by atoms with Crippen molar-refractivity contribution in [3.8, 4) is 0 Å². The molecule has 1 aliphatic heterocycles. The summed E-state index contributed by atoms with van der Waals surface area (Å²) in [6.07, 6.45) is 3.51. The number of carbonyl (C=O) groups is 1. The monoisotopic (exact) mass is 215 g/mol. The maximum absolute atomic E-state index is 11.4. The third kappa shape index (κ3) is 4.18. The maximum atomic E-state index is 11.4. The minimum Gasteiger partial charge on any atom is -0.461 e. The van der Waals surface area contributed by atoms with Gasteiger partial charge in [-0.2, -0.15) is 0 Å². The van der Waals surface area contributed by atoms with E-state index in [0.29, 0.717) is 13.0 Å². The van der Waals surface area contributed by atoms with Crippen molar-refractivity contribution in [2.75, 3.05) is 6.61 Å². The van der Waals surface area contributed by atoms with Crippen LogP contribution in [0.5, 0.6) is 0 Å². The molecule has 1 fully saturated rings. The van der Waals surface area contributed by atoms with Crippen molar-refractivity contribution in [2.24, 2.45) is 5.73 Å². The van der Waals surface area contributed by atoms with Crippen molar-refractivity contribution < 1.29 is 14.3 Å². The molecule has 3 atom stereocenters. The number of rotatable bonds is 2. The van der Waals surface area contributed by atoms with Crippen molar-refractivity contribution in [2.45, 2.75) is 57.8 Å². The third-order valence-corrected chi connectivity index (χ3v) is 2.61. The van der Waals surface area contributed by atoms with Gasteiger partial charge >= 0.3 is 5.97 Å². The van der Waals surface area contributed by atoms with Gasteiger partial charge in [-0.05, 0) is 19.8 Å². The van der Waals surface area contributed by atoms with Crippen LogP contribution >= 0.6 is 0 Å². The van der Waals surface area contributed by atoms with E-state index in [1.165, 1.54) is 0 Å². The lowest BCUT2D eigenvalue weighted by Crippen LogP contribution is -2.34. The molecular weight excluding hydrogens is 194 g/mol. The van der Waals surface area contributed by atoms with E-state index in [-0.39, 0.29) is 18.2 Å². The second kappa shape index (κ2) is 6.08. The van der Waals surface area contributed by atoms with Gasteiger partial charge in [0.15, 0.2) is 0 Å². The Labute approximate surface area is 91.1 Å². The molecule has 4 nitrogen and oxygen atoms in total. The highest BCUT2D eigenvalue weighted by Crippen LogP contribution is 2.15. The molecule has 15 heavy (non-hydrogen) atoms. The molecule has 4 heteroatoms. The first kappa shape index (κ1) is 12.5. The van der Waals surface area contributed by atoms with Crippen LogP contribution in [-0.4, -0.2) is 30.8 Å². The Morgan fingerprint density at radius 3 is 2.93 bits per heavy atom. The van der Waals surface area contributed by atoms with Crippen LogP contribution in [0.4, 0.5) is 0 Å². The molecule has 2 unspecified atom stereocenters. The summed E-state index contributed by atoms with van der Waals surface area (Å²) in [4.78, 5) is 11.4. The molecule has 0 aromatic rings. The second-order valence-corrected chi connectivity index (χ2v) is 4.16. The van der Waals surface area contributed by atoms with Gasteiger partial charge in [0.25, 0.3) is 0 Å². The lowest BCUT2D eigenvalue weighted by molar-refractivity contribution is -0.150. The molecule has 0 spiro atoms. The van der Waals surface area contributed by atoms with Crippen LogP contribution in [0.3, 0.4) is 0 Å². The normalized spacial score (nSPS) is 33.8. The lowest BCUT2D eigenvalue weighted by Gasteiger charge is -2.19. The summed E-state index contributed by atoms with van der Waals surface area (Å²) in [5.74, 6) is -0.303. The second-order valence-electron chi connectivity index (χ2n) is 4.16. The zero-order chi connectivity index (χ0) is 11.3. The average Bonchev–Trinajstić information content (AvgIpc) is 2.21. The van der Waals surface area contributed by atoms with Crippen molar-refractivity contribution in [3.63, 3.8) is 0 Å². The van der Waals surface area contributed by atoms with Crippen LogP contribution in [0.25, 0.3) is 0 Å². The van der Waals surface area contributed by atoms with Crippen LogP contribution < -0.4 is 5.73 Å². The Balaban J connectivity index is 2.52. The van der Waals surface area contributed by atoms with Crippen molar-refractivity contribution in [1.82, 2.24) is 0 Å². The highest BCUT2D eigenvalue weighted by molar-refractivity contribution is 5.75. The first-order valence-electron chi connectivity index (χ1n) is 5.71. The number of ether oxygens (including phenoxy) is 2. The summed E-state index contributed by atoms with van der Waals surface area (Å²) in [5, 5.41) is 0. The summed E-state index contributed by atoms with van der Waals surface area (Å²) in [7, 11) is 0. The van der Waals surface area contributed by atoms with E-state index in [4.69, 9.17) is 15.2 Å². The fourth-order valence-electron chi connectivity index (χ4n) is 1.77. The van der Waals surface area contributed by atoms with Gasteiger partial charge in [-0.3, -0.25) is 4.79 Å². The molecule has 0 saturated carbocycles. The molecule has 2 N–H and O–H groups in total. The highest BCUT2D eigenvalue weighted by Gasteiger charge is 2.23. The molecule has 0 amide bonds. The van der Waals surface area contributed by atoms with E-state index in [1.54, 1.807) is 0 Å². The van der Waals surface area contributed by atoms with Crippen LogP contribution in [0.15, 0.2) is 0 Å². The summed E-state index contributed by atoms with van der Waals surface area (Å²) in [6.45, 7) is 4.56. The summed E-state index contributed by atoms with van der Waals surface area (Å²) >= 11 is 0. The predicted octanol–water partition coefficient (Wildman–Crippen LogP) is 1.22. The molecular formula is C11H21NO3. The van der Waals surface area contributed by atoms with Crippen LogP contribution in [0, 0.1) is 0 Å². The Bertz CT molecular complexity index is 208. The van der Waals surface area contributed by atoms with E-state index >= 15 is 0 Å². The fraction of sp³-hybridized carbons (Fsp3) is 0.909. The van der Waals surface area contributed by atoms with E-state index in [2.05, 4.69) is 6.92 Å². The van der Waals surface area contributed by atoms with Crippen molar-refractivity contribution >= 4 is 5.97 Å². The van der Waals surface area contributed by atoms with Crippen LogP contribution in [0.2, 0.25) is 0 Å². The highest BCUT2D eigenvalue weighted by atomic mass is 16.5. The molecule has 1 rings (SSSR count). The van der Waals surface area contributed by atoms with Gasteiger partial charge in [-0.25, -0.2) is 0 Å². The molecule has 0 aliphatic carbocycles. The van der Waals surface area contributed by atoms with Gasteiger partial charge in [0.05, 0.1) is 6.10 Å². The molecule has 1 saturated heterocycles. The molecule has 0 bridgehead atoms. The third-order valence-electron chi connectivity index (χ3n) is 2.61. The molecule has 0 radical (unpaired) electrons. The standard InChI is InChI=1S/C11H21NO3/c1-3-4-9-7-8(2)15-11(13)10(12)5-6-14-9/h8-10H,3-7,12H2,1-2H3/t8?,9?,10-/m0/s1. The predicted molar refractivity (Wildman–Crippen MR) is 57.4 cm³/mol. The van der Waals surface area contributed by atoms with Crippen LogP contribution in [-0.2, 0) is 14.3 Å². The zero-order valence-corrected chi connectivity index (χ0v) is 9.57. The minimum atomic E-state index is -0.534. The fourth-order valence-corrected chi connectivity index (χ4v) is 1.77. The molecule has 0 aromatic heterocycles. The first-order chi connectivity index (χ1) is 7.13. The number of esters is 1. The van der Waals surface area contributed by atoms with E-state index in [0.717, 1.165) is 19.3 Å². The first-order valence-corrected chi connectivity index (χ1v) is 5.71. The lowest BCUT2D eigenvalue weighted by atomic mass is 10.1. The Morgan fingerprint density at radius 2 is 2.27 bits per heavy atom. The molecule has 1 heterocycles. The zero-order valence-electron chi connectivity index (χ0n) is 9.57. The molecule has 0 aromatic carbocycles. The van der Waals surface area contributed by atoms with Crippen molar-refractivity contribution in [1.29, 1.82) is 0 Å². The van der Waals surface area contributed by atoms with Gasteiger partial charge in [0, 0.05) is 13.0 Å². The SMILES string of the molecule is CCCC1CC(C)OC(=O)[C@@H](N)CCO1. The topological polar surface area (TPSA) is 61.5 Å². The van der Waals surface area contributed by atoms with Gasteiger partial charge in [-0.1, -0.05) is 13.3 Å². The number of hydrogen-bond donors (Lipinski definition) is 1. The largest absolute Gasteiger partial charge is 0.461 e. The van der Waals surface area contributed by atoms with E-state index in [9.17, 15) is 4.79 Å². The Kier molecular flexibility index (Phi) is 5.05. The molecule has 1 aliphatic rings. The van der Waals surface area contributed by atoms with Gasteiger partial charge in [0.2, 0.25) is 0 Å². The van der Waals surface area contributed by atoms with Gasteiger partial charge in [-0.15, -0.1) is 0 Å². The van der Waals surface area contributed by atoms with E-state index < -0.39 is 6.04 Å². The van der Waals surface area contributed by atoms with E-state index in [1.807, 2.05) is 6.92 Å². The van der Waals surface area contributed by atoms with Crippen molar-refractivity contribution in [3.05, 3.63) is 0 Å². The Morgan fingerprint density at radius 1 is 1.53 bits per heavy atom. The van der Waals surface area contributed by atoms with Crippen LogP contribution in [0.1, 0.15) is 39.5 Å². The number of carbonyl (C=O) groups excluding carboxylic acids is 1. The minimum absolute atomic E-state index is 0.0989. The number of hydrogen-bond acceptors (Lipinski definition) is 4. The smallest absolute Gasteiger partial charge is 0.323 e. The van der Waals surface area contributed by atoms with Gasteiger partial charge < -0.3 is 15.2 Å². The quantitative estimate of drug-likeness (QED) is 0.704. The Hall–Kier alpha value is -0.610. The van der Waals surface area contributed by atoms with Gasteiger partial charge in [0.1, 0.15) is 12.1 Å². The number of nitrogens with two attached hydrogens (primary N) is 1.